The van der Waals surface area contributed by atoms with Crippen LogP contribution in [0.25, 0.3) is 0 Å². The van der Waals surface area contributed by atoms with Gasteiger partial charge in [0.1, 0.15) is 11.4 Å². The number of nitro benzene ring substituents is 1. The van der Waals surface area contributed by atoms with Gasteiger partial charge in [-0.1, -0.05) is 18.2 Å². The average Bonchev–Trinajstić information content (AvgIpc) is 3.14. The van der Waals surface area contributed by atoms with E-state index in [1.165, 1.54) is 36.2 Å². The summed E-state index contributed by atoms with van der Waals surface area (Å²) in [6.45, 7) is 1.05. The molecule has 1 aliphatic carbocycles. The first-order valence-corrected chi connectivity index (χ1v) is 8.92. The molecule has 0 unspecified atom stereocenters. The highest BCUT2D eigenvalue weighted by molar-refractivity contribution is 5.96. The second kappa shape index (κ2) is 8.51. The van der Waals surface area contributed by atoms with E-state index in [1.807, 2.05) is 18.2 Å². The molecule has 146 valence electrons. The van der Waals surface area contributed by atoms with Crippen LogP contribution in [0.1, 0.15) is 24.5 Å². The van der Waals surface area contributed by atoms with Gasteiger partial charge in [-0.2, -0.15) is 0 Å². The van der Waals surface area contributed by atoms with Crippen LogP contribution in [-0.4, -0.2) is 29.5 Å². The molecule has 0 spiro atoms. The predicted molar refractivity (Wildman–Crippen MR) is 101 cm³/mol. The predicted octanol–water partition coefficient (Wildman–Crippen LogP) is 3.03. The molecule has 8 nitrogen and oxygen atoms in total. The van der Waals surface area contributed by atoms with Gasteiger partial charge in [0.05, 0.1) is 4.92 Å². The number of nitrogens with one attached hydrogen (secondary N) is 1. The van der Waals surface area contributed by atoms with Gasteiger partial charge in [0.2, 0.25) is 0 Å². The van der Waals surface area contributed by atoms with Gasteiger partial charge in [0.15, 0.2) is 12.7 Å². The number of carbonyl (C=O) groups is 2. The van der Waals surface area contributed by atoms with Crippen molar-refractivity contribution in [3.63, 3.8) is 0 Å². The van der Waals surface area contributed by atoms with Crippen molar-refractivity contribution in [2.75, 3.05) is 11.9 Å². The molecule has 28 heavy (non-hydrogen) atoms. The zero-order valence-corrected chi connectivity index (χ0v) is 15.3. The summed E-state index contributed by atoms with van der Waals surface area (Å²) in [7, 11) is 0. The fourth-order valence-electron chi connectivity index (χ4n) is 3.04. The molecule has 2 aromatic rings. The Bertz CT molecular complexity index is 911. The summed E-state index contributed by atoms with van der Waals surface area (Å²) in [5.74, 6) is -0.791. The van der Waals surface area contributed by atoms with Gasteiger partial charge in [-0.15, -0.1) is 0 Å². The minimum Gasteiger partial charge on any atom is -0.482 e. The van der Waals surface area contributed by atoms with Crippen LogP contribution in [0.5, 0.6) is 5.75 Å². The zero-order chi connectivity index (χ0) is 20.1. The van der Waals surface area contributed by atoms with Crippen molar-refractivity contribution >= 4 is 23.3 Å². The lowest BCUT2D eigenvalue weighted by Gasteiger charge is -2.14. The number of anilines is 1. The molecule has 1 aliphatic rings. The maximum atomic E-state index is 12.2. The first-order valence-electron chi connectivity index (χ1n) is 8.92. The number of ether oxygens (including phenoxy) is 2. The summed E-state index contributed by atoms with van der Waals surface area (Å²) in [6, 6.07) is 11.4. The van der Waals surface area contributed by atoms with Crippen molar-refractivity contribution < 1.29 is 24.0 Å². The number of carbonyl (C=O) groups excluding carboxylic acids is 2. The van der Waals surface area contributed by atoms with Crippen molar-refractivity contribution in [2.24, 2.45) is 0 Å². The average molecular weight is 384 g/mol. The Hall–Kier alpha value is -3.42. The molecular formula is C20H20N2O6. The Morgan fingerprint density at radius 1 is 1.18 bits per heavy atom. The largest absolute Gasteiger partial charge is 0.482 e. The summed E-state index contributed by atoms with van der Waals surface area (Å²) in [5.41, 5.74) is 2.32. The number of benzene rings is 2. The van der Waals surface area contributed by atoms with Crippen molar-refractivity contribution in [3.8, 4) is 5.75 Å². The number of nitro groups is 1. The van der Waals surface area contributed by atoms with Crippen molar-refractivity contribution in [1.82, 2.24) is 0 Å². The van der Waals surface area contributed by atoms with Crippen molar-refractivity contribution in [1.29, 1.82) is 0 Å². The number of aryl methyl sites for hydroxylation is 2. The second-order valence-electron chi connectivity index (χ2n) is 6.47. The third-order valence-electron chi connectivity index (χ3n) is 4.46. The summed E-state index contributed by atoms with van der Waals surface area (Å²) in [5, 5.41) is 13.4. The Morgan fingerprint density at radius 2 is 1.93 bits per heavy atom. The number of hydrogen-bond acceptors (Lipinski definition) is 6. The van der Waals surface area contributed by atoms with Crippen LogP contribution in [0.4, 0.5) is 11.4 Å². The van der Waals surface area contributed by atoms with Crippen molar-refractivity contribution in [2.45, 2.75) is 32.3 Å². The van der Waals surface area contributed by atoms with E-state index >= 15 is 0 Å². The SMILES string of the molecule is C[C@@H](OC(=O)COc1ccc2c(c1)CCC2)C(=O)Nc1ccccc1[N+](=O)[O-]. The highest BCUT2D eigenvalue weighted by Gasteiger charge is 2.22. The Balaban J connectivity index is 1.51. The van der Waals surface area contributed by atoms with E-state index in [1.54, 1.807) is 6.07 Å². The first kappa shape index (κ1) is 19.3. The Kier molecular flexibility index (Phi) is 5.88. The normalized spacial score (nSPS) is 13.3. The van der Waals surface area contributed by atoms with E-state index in [4.69, 9.17) is 9.47 Å². The highest BCUT2D eigenvalue weighted by atomic mass is 16.6. The van der Waals surface area contributed by atoms with Gasteiger partial charge in [-0.3, -0.25) is 14.9 Å². The maximum absolute atomic E-state index is 12.2. The molecule has 0 bridgehead atoms. The third-order valence-corrected chi connectivity index (χ3v) is 4.46. The minimum atomic E-state index is -1.13. The molecule has 0 aromatic heterocycles. The van der Waals surface area contributed by atoms with Crippen molar-refractivity contribution in [3.05, 3.63) is 63.7 Å². The molecule has 2 aromatic carbocycles. The molecule has 0 heterocycles. The summed E-state index contributed by atoms with van der Waals surface area (Å²) in [4.78, 5) is 34.5. The molecule has 0 aliphatic heterocycles. The van der Waals surface area contributed by atoms with Gasteiger partial charge in [-0.05, 0) is 55.5 Å². The zero-order valence-electron chi connectivity index (χ0n) is 15.3. The number of nitrogens with zero attached hydrogens (tertiary/aromatic N) is 1. The van der Waals surface area contributed by atoms with Crippen LogP contribution in [-0.2, 0) is 27.2 Å². The quantitative estimate of drug-likeness (QED) is 0.447. The van der Waals surface area contributed by atoms with E-state index in [-0.39, 0.29) is 18.0 Å². The van der Waals surface area contributed by atoms with Crippen LogP contribution >= 0.6 is 0 Å². The van der Waals surface area contributed by atoms with Crippen LogP contribution in [0.3, 0.4) is 0 Å². The topological polar surface area (TPSA) is 108 Å². The first-order chi connectivity index (χ1) is 13.4. The Labute approximate surface area is 161 Å². The summed E-state index contributed by atoms with van der Waals surface area (Å²) < 4.78 is 10.5. The molecule has 1 N–H and O–H groups in total. The number of esters is 1. The number of hydrogen-bond donors (Lipinski definition) is 1. The number of fused-ring (bicyclic) bond motifs is 1. The monoisotopic (exact) mass is 384 g/mol. The van der Waals surface area contributed by atoms with E-state index in [0.717, 1.165) is 19.3 Å². The molecule has 0 radical (unpaired) electrons. The fourth-order valence-corrected chi connectivity index (χ4v) is 3.04. The smallest absolute Gasteiger partial charge is 0.344 e. The molecule has 1 atom stereocenters. The number of para-hydroxylation sites is 2. The molecule has 3 rings (SSSR count). The second-order valence-corrected chi connectivity index (χ2v) is 6.47. The molecule has 0 saturated carbocycles. The van der Waals surface area contributed by atoms with Crippen LogP contribution in [0, 0.1) is 10.1 Å². The van der Waals surface area contributed by atoms with Crippen LogP contribution in [0.15, 0.2) is 42.5 Å². The molecule has 0 fully saturated rings. The summed E-state index contributed by atoms with van der Waals surface area (Å²) in [6.07, 6.45) is 2.05. The van der Waals surface area contributed by atoms with Crippen LogP contribution < -0.4 is 10.1 Å². The maximum Gasteiger partial charge on any atom is 0.344 e. The van der Waals surface area contributed by atoms with Gasteiger partial charge in [0.25, 0.3) is 11.6 Å². The molecular weight excluding hydrogens is 364 g/mol. The standard InChI is InChI=1S/C20H20N2O6/c1-13(20(24)21-17-7-2-3-8-18(17)22(25)26)28-19(23)12-27-16-10-9-14-5-4-6-15(14)11-16/h2-3,7-11,13H,4-6,12H2,1H3,(H,21,24)/t13-/m1/s1. The van der Waals surface area contributed by atoms with E-state index < -0.39 is 22.9 Å². The Morgan fingerprint density at radius 3 is 2.71 bits per heavy atom. The van der Waals surface area contributed by atoms with Crippen LogP contribution in [0.2, 0.25) is 0 Å². The van der Waals surface area contributed by atoms with E-state index in [0.29, 0.717) is 5.75 Å². The van der Waals surface area contributed by atoms with Gasteiger partial charge in [-0.25, -0.2) is 4.79 Å². The lowest BCUT2D eigenvalue weighted by Crippen LogP contribution is -2.31. The summed E-state index contributed by atoms with van der Waals surface area (Å²) >= 11 is 0. The highest BCUT2D eigenvalue weighted by Crippen LogP contribution is 2.26. The number of rotatable bonds is 7. The number of amides is 1. The molecule has 8 heteroatoms. The molecule has 0 saturated heterocycles. The minimum absolute atomic E-state index is 0.0368. The molecule has 1 amide bonds. The van der Waals surface area contributed by atoms with Gasteiger partial charge >= 0.3 is 5.97 Å². The fraction of sp³-hybridized carbons (Fsp3) is 0.300. The van der Waals surface area contributed by atoms with E-state index in [2.05, 4.69) is 5.32 Å². The third kappa shape index (κ3) is 4.64. The lowest BCUT2D eigenvalue weighted by atomic mass is 10.1. The lowest BCUT2D eigenvalue weighted by molar-refractivity contribution is -0.383. The van der Waals surface area contributed by atoms with Gasteiger partial charge < -0.3 is 14.8 Å². The van der Waals surface area contributed by atoms with Gasteiger partial charge in [0, 0.05) is 6.07 Å². The van der Waals surface area contributed by atoms with E-state index in [9.17, 15) is 19.7 Å².